The van der Waals surface area contributed by atoms with Crippen LogP contribution in [0.3, 0.4) is 0 Å². The number of amides is 1. The lowest BCUT2D eigenvalue weighted by Gasteiger charge is -2.40. The number of hydrazone groups is 1. The molecular weight excluding hydrogens is 500 g/mol. The van der Waals surface area contributed by atoms with Crippen LogP contribution in [0.4, 0.5) is 17.3 Å². The molecule has 13 heteroatoms. The number of anilines is 2. The molecule has 3 heterocycles. The van der Waals surface area contributed by atoms with E-state index in [0.717, 1.165) is 5.69 Å². The molecule has 2 aromatic carbocycles. The first kappa shape index (κ1) is 24.2. The van der Waals surface area contributed by atoms with Crippen molar-refractivity contribution in [3.05, 3.63) is 82.6 Å². The number of hydrogen-bond acceptors (Lipinski definition) is 9. The van der Waals surface area contributed by atoms with Crippen molar-refractivity contribution in [2.45, 2.75) is 17.7 Å². The van der Waals surface area contributed by atoms with Crippen LogP contribution >= 0.6 is 0 Å². The van der Waals surface area contributed by atoms with Crippen LogP contribution in [0.1, 0.15) is 18.6 Å². The van der Waals surface area contributed by atoms with E-state index in [1.54, 1.807) is 24.3 Å². The predicted molar refractivity (Wildman–Crippen MR) is 135 cm³/mol. The van der Waals surface area contributed by atoms with E-state index < -0.39 is 20.8 Å². The zero-order valence-electron chi connectivity index (χ0n) is 19.4. The van der Waals surface area contributed by atoms with Gasteiger partial charge in [-0.3, -0.25) is 19.8 Å². The number of carbonyl (C=O) groups excluding carboxylic acids is 1. The second-order valence-electron chi connectivity index (χ2n) is 8.43. The first-order chi connectivity index (χ1) is 17.8. The second-order valence-corrected chi connectivity index (χ2v) is 10.0. The number of para-hydroxylation sites is 2. The third-order valence-corrected chi connectivity index (χ3v) is 7.41. The van der Waals surface area contributed by atoms with Crippen LogP contribution in [0.15, 0.2) is 85.5 Å². The molecule has 2 aliphatic heterocycles. The maximum Gasteiger partial charge on any atom is 0.433 e. The molecular formula is C24H22N6O6S. The summed E-state index contributed by atoms with van der Waals surface area (Å²) in [6.45, 7) is 0.818. The fraction of sp³-hybridized carbons (Fsp3) is 0.208. The van der Waals surface area contributed by atoms with E-state index in [9.17, 15) is 23.3 Å². The van der Waals surface area contributed by atoms with Crippen LogP contribution in [0.5, 0.6) is 0 Å². The summed E-state index contributed by atoms with van der Waals surface area (Å²) in [6, 6.07) is 18.7. The molecule has 2 aliphatic rings. The minimum atomic E-state index is -3.90. The van der Waals surface area contributed by atoms with Gasteiger partial charge in [0.25, 0.3) is 10.0 Å². The van der Waals surface area contributed by atoms with E-state index in [2.05, 4.69) is 14.9 Å². The van der Waals surface area contributed by atoms with E-state index in [-0.39, 0.29) is 22.5 Å². The fourth-order valence-corrected chi connectivity index (χ4v) is 5.48. The number of likely N-dealkylation sites (tertiary alicyclic amines) is 1. The summed E-state index contributed by atoms with van der Waals surface area (Å²) in [5.41, 5.74) is 3.73. The smallest absolute Gasteiger partial charge is 0.400 e. The van der Waals surface area contributed by atoms with Gasteiger partial charge in [-0.2, -0.15) is 13.5 Å². The van der Waals surface area contributed by atoms with Crippen molar-refractivity contribution in [3.8, 4) is 0 Å². The minimum Gasteiger partial charge on any atom is -0.400 e. The van der Waals surface area contributed by atoms with Gasteiger partial charge in [-0.15, -0.1) is 4.40 Å². The topological polar surface area (TPSA) is 151 Å². The molecule has 0 atom stereocenters. The second kappa shape index (κ2) is 9.85. The number of nitrogens with one attached hydrogen (secondary N) is 1. The van der Waals surface area contributed by atoms with Crippen LogP contribution in [0, 0.1) is 16.0 Å². The van der Waals surface area contributed by atoms with Gasteiger partial charge in [0, 0.05) is 24.7 Å². The number of guanidine groups is 1. The molecule has 0 radical (unpaired) electrons. The monoisotopic (exact) mass is 522 g/mol. The number of rotatable bonds is 5. The Balaban J connectivity index is 1.29. The minimum absolute atomic E-state index is 0.136. The molecule has 0 spiro atoms. The highest BCUT2D eigenvalue weighted by atomic mass is 32.2. The molecule has 0 unspecified atom stereocenters. The summed E-state index contributed by atoms with van der Waals surface area (Å²) in [7, 11) is -3.90. The summed E-state index contributed by atoms with van der Waals surface area (Å²) >= 11 is 0. The lowest BCUT2D eigenvalue weighted by molar-refractivity contribution is -0.402. The van der Waals surface area contributed by atoms with Crippen molar-refractivity contribution in [1.82, 2.24) is 10.3 Å². The Bertz CT molecular complexity index is 1490. The Morgan fingerprint density at radius 1 is 1.08 bits per heavy atom. The lowest BCUT2D eigenvalue weighted by atomic mass is 9.96. The summed E-state index contributed by atoms with van der Waals surface area (Å²) < 4.78 is 35.1. The normalized spacial score (nSPS) is 17.4. The largest absolute Gasteiger partial charge is 0.433 e. The van der Waals surface area contributed by atoms with Gasteiger partial charge in [0.05, 0.1) is 18.0 Å². The van der Waals surface area contributed by atoms with Crippen molar-refractivity contribution in [3.63, 3.8) is 0 Å². The highest BCUT2D eigenvalue weighted by Gasteiger charge is 2.36. The summed E-state index contributed by atoms with van der Waals surface area (Å²) in [6.07, 6.45) is 2.10. The van der Waals surface area contributed by atoms with Crippen molar-refractivity contribution in [2.75, 3.05) is 18.0 Å². The number of sulfonamides is 1. The number of hydrogen-bond donors (Lipinski definition) is 1. The molecule has 5 rings (SSSR count). The highest BCUT2D eigenvalue weighted by molar-refractivity contribution is 7.90. The van der Waals surface area contributed by atoms with Gasteiger partial charge in [0.2, 0.25) is 11.9 Å². The Kier molecular flexibility index (Phi) is 6.44. The van der Waals surface area contributed by atoms with Gasteiger partial charge in [-0.05, 0) is 43.2 Å². The molecule has 12 nitrogen and oxygen atoms in total. The third-order valence-electron chi connectivity index (χ3n) is 6.11. The summed E-state index contributed by atoms with van der Waals surface area (Å²) in [5, 5.41) is 14.5. The van der Waals surface area contributed by atoms with Gasteiger partial charge >= 0.3 is 5.88 Å². The summed E-state index contributed by atoms with van der Waals surface area (Å²) in [5.74, 6) is -0.640. The Labute approximate surface area is 212 Å². The zero-order valence-corrected chi connectivity index (χ0v) is 20.2. The van der Waals surface area contributed by atoms with E-state index in [0.29, 0.717) is 37.6 Å². The van der Waals surface area contributed by atoms with Crippen molar-refractivity contribution in [2.24, 2.45) is 15.4 Å². The highest BCUT2D eigenvalue weighted by Crippen LogP contribution is 2.37. The molecule has 0 aliphatic carbocycles. The Hall–Kier alpha value is -4.52. The summed E-state index contributed by atoms with van der Waals surface area (Å²) in [4.78, 5) is 26.5. The molecule has 1 fully saturated rings. The molecule has 1 amide bonds. The van der Waals surface area contributed by atoms with E-state index in [4.69, 9.17) is 4.42 Å². The molecule has 1 aromatic heterocycles. The molecule has 37 heavy (non-hydrogen) atoms. The number of nitro groups is 1. The molecule has 0 bridgehead atoms. The molecule has 190 valence electrons. The number of carbonyl (C=O) groups is 1. The van der Waals surface area contributed by atoms with Crippen LogP contribution in [0.25, 0.3) is 0 Å². The van der Waals surface area contributed by atoms with Gasteiger partial charge in [-0.25, -0.2) is 5.43 Å². The first-order valence-corrected chi connectivity index (χ1v) is 12.9. The molecule has 3 aromatic rings. The van der Waals surface area contributed by atoms with E-state index in [1.165, 1.54) is 18.3 Å². The number of benzene rings is 2. The fourth-order valence-electron chi connectivity index (χ4n) is 4.30. The third kappa shape index (κ3) is 4.93. The van der Waals surface area contributed by atoms with Crippen molar-refractivity contribution < 1.29 is 22.6 Å². The van der Waals surface area contributed by atoms with Crippen molar-refractivity contribution >= 4 is 45.4 Å². The van der Waals surface area contributed by atoms with Gasteiger partial charge in [0.1, 0.15) is 9.82 Å². The van der Waals surface area contributed by atoms with Crippen LogP contribution in [-0.4, -0.2) is 49.4 Å². The maximum atomic E-state index is 13.0. The number of furan rings is 1. The standard InChI is InChI=1S/C24H22N6O6S/c31-23(26-25-16-19-10-11-22(36-19)30(32)33)17-12-14-28(15-13-17)24-27-37(34,35)21-9-5-4-8-20(21)29(24)18-6-2-1-3-7-18/h1-11,16-17H,12-15H2,(H,26,31)/b25-16+. The number of nitrogens with zero attached hydrogens (tertiary/aromatic N) is 5. The maximum absolute atomic E-state index is 13.0. The Morgan fingerprint density at radius 3 is 2.49 bits per heavy atom. The average Bonchev–Trinajstić information content (AvgIpc) is 3.38. The first-order valence-electron chi connectivity index (χ1n) is 11.4. The average molecular weight is 523 g/mol. The zero-order chi connectivity index (χ0) is 26.0. The van der Waals surface area contributed by atoms with Gasteiger partial charge in [0.15, 0.2) is 5.76 Å². The SMILES string of the molecule is O=C(N/N=C/c1ccc([N+](=O)[O-])o1)C1CCN(C2=NS(=O)(=O)c3ccccc3N2c2ccccc2)CC1. The van der Waals surface area contributed by atoms with E-state index in [1.807, 2.05) is 40.1 Å². The molecule has 1 saturated heterocycles. The molecule has 1 N–H and O–H groups in total. The van der Waals surface area contributed by atoms with Crippen LogP contribution in [-0.2, 0) is 14.8 Å². The Morgan fingerprint density at radius 2 is 1.78 bits per heavy atom. The predicted octanol–water partition coefficient (Wildman–Crippen LogP) is 3.25. The van der Waals surface area contributed by atoms with Crippen LogP contribution in [0.2, 0.25) is 0 Å². The van der Waals surface area contributed by atoms with E-state index >= 15 is 0 Å². The quantitative estimate of drug-likeness (QED) is 0.305. The number of piperidine rings is 1. The van der Waals surface area contributed by atoms with Crippen LogP contribution < -0.4 is 10.3 Å². The molecule has 0 saturated carbocycles. The van der Waals surface area contributed by atoms with Crippen molar-refractivity contribution in [1.29, 1.82) is 0 Å². The number of fused-ring (bicyclic) bond motifs is 1. The lowest BCUT2D eigenvalue weighted by Crippen LogP contribution is -2.49. The van der Waals surface area contributed by atoms with Gasteiger partial charge in [-0.1, -0.05) is 30.3 Å². The van der Waals surface area contributed by atoms with Gasteiger partial charge < -0.3 is 9.32 Å².